The molecule has 2 aromatic heterocycles. The van der Waals surface area contributed by atoms with Crippen LogP contribution in [0, 0.1) is 11.6 Å². The molecule has 26 heavy (non-hydrogen) atoms. The monoisotopic (exact) mass is 346 g/mol. The van der Waals surface area contributed by atoms with Gasteiger partial charge in [-0.1, -0.05) is 12.1 Å². The standard InChI is InChI=1S/C20H12F2N4/c1-23-20-15-9-12(13-4-6-16(21)17(22)10-13)5-7-18(15)25-19(26-20)14-3-2-8-24-11-14/h2-11H,1H2. The minimum absolute atomic E-state index is 0.415. The van der Waals surface area contributed by atoms with Gasteiger partial charge in [-0.15, -0.1) is 0 Å². The van der Waals surface area contributed by atoms with Gasteiger partial charge in [0.15, 0.2) is 23.3 Å². The summed E-state index contributed by atoms with van der Waals surface area (Å²) in [6.07, 6.45) is 3.34. The van der Waals surface area contributed by atoms with Gasteiger partial charge in [-0.05, 0) is 54.2 Å². The molecule has 0 spiro atoms. The zero-order chi connectivity index (χ0) is 18.1. The van der Waals surface area contributed by atoms with Crippen molar-refractivity contribution in [2.45, 2.75) is 0 Å². The third-order valence-electron chi connectivity index (χ3n) is 4.00. The first-order valence-electron chi connectivity index (χ1n) is 7.80. The molecule has 0 aliphatic carbocycles. The highest BCUT2D eigenvalue weighted by Gasteiger charge is 2.11. The van der Waals surface area contributed by atoms with Crippen molar-refractivity contribution in [3.05, 3.63) is 72.6 Å². The van der Waals surface area contributed by atoms with Crippen molar-refractivity contribution < 1.29 is 8.78 Å². The summed E-state index contributed by atoms with van der Waals surface area (Å²) >= 11 is 0. The Kier molecular flexibility index (Phi) is 3.93. The number of aliphatic imine (C=N–C) groups is 1. The summed E-state index contributed by atoms with van der Waals surface area (Å²) in [5.41, 5.74) is 2.70. The van der Waals surface area contributed by atoms with Crippen LogP contribution in [0.5, 0.6) is 0 Å². The van der Waals surface area contributed by atoms with Crippen LogP contribution >= 0.6 is 0 Å². The van der Waals surface area contributed by atoms with Crippen molar-refractivity contribution in [3.8, 4) is 22.5 Å². The Morgan fingerprint density at radius 2 is 1.65 bits per heavy atom. The zero-order valence-corrected chi connectivity index (χ0v) is 13.5. The Labute approximate surface area is 147 Å². The van der Waals surface area contributed by atoms with E-state index in [1.54, 1.807) is 36.7 Å². The van der Waals surface area contributed by atoms with Crippen LogP contribution in [0.1, 0.15) is 0 Å². The average Bonchev–Trinajstić information content (AvgIpc) is 2.69. The van der Waals surface area contributed by atoms with E-state index in [1.807, 2.05) is 6.07 Å². The van der Waals surface area contributed by atoms with Crippen molar-refractivity contribution in [3.63, 3.8) is 0 Å². The average molecular weight is 346 g/mol. The van der Waals surface area contributed by atoms with Crippen molar-refractivity contribution in [1.29, 1.82) is 0 Å². The maximum absolute atomic E-state index is 13.5. The van der Waals surface area contributed by atoms with Crippen LogP contribution in [0.4, 0.5) is 14.6 Å². The second kappa shape index (κ2) is 6.40. The Morgan fingerprint density at radius 3 is 2.38 bits per heavy atom. The van der Waals surface area contributed by atoms with E-state index >= 15 is 0 Å². The second-order valence-electron chi connectivity index (χ2n) is 5.63. The van der Waals surface area contributed by atoms with E-state index in [1.165, 1.54) is 6.07 Å². The molecule has 0 N–H and O–H groups in total. The Morgan fingerprint density at radius 1 is 0.846 bits per heavy atom. The lowest BCUT2D eigenvalue weighted by Crippen LogP contribution is -1.93. The summed E-state index contributed by atoms with van der Waals surface area (Å²) < 4.78 is 26.7. The number of rotatable bonds is 3. The van der Waals surface area contributed by atoms with Gasteiger partial charge in [-0.2, -0.15) is 0 Å². The first kappa shape index (κ1) is 16.0. The summed E-state index contributed by atoms with van der Waals surface area (Å²) in [6.45, 7) is 3.58. The maximum Gasteiger partial charge on any atom is 0.163 e. The van der Waals surface area contributed by atoms with Crippen LogP contribution in [-0.4, -0.2) is 21.7 Å². The summed E-state index contributed by atoms with van der Waals surface area (Å²) in [4.78, 5) is 17.1. The minimum atomic E-state index is -0.896. The molecule has 0 unspecified atom stereocenters. The van der Waals surface area contributed by atoms with Crippen LogP contribution in [-0.2, 0) is 0 Å². The van der Waals surface area contributed by atoms with E-state index in [0.717, 1.165) is 17.7 Å². The molecule has 2 aromatic carbocycles. The molecule has 0 saturated carbocycles. The number of benzene rings is 2. The molecule has 0 bridgehead atoms. The molecule has 4 rings (SSSR count). The molecular formula is C20H12F2N4. The summed E-state index contributed by atoms with van der Waals surface area (Å²) in [5, 5.41) is 0.676. The summed E-state index contributed by atoms with van der Waals surface area (Å²) in [5.74, 6) is -0.868. The third kappa shape index (κ3) is 2.82. The highest BCUT2D eigenvalue weighted by Crippen LogP contribution is 2.31. The molecule has 0 fully saturated rings. The zero-order valence-electron chi connectivity index (χ0n) is 13.5. The largest absolute Gasteiger partial charge is 0.264 e. The molecule has 0 radical (unpaired) electrons. The first-order valence-corrected chi connectivity index (χ1v) is 7.80. The minimum Gasteiger partial charge on any atom is -0.264 e. The van der Waals surface area contributed by atoms with Crippen LogP contribution in [0.2, 0.25) is 0 Å². The quantitative estimate of drug-likeness (QED) is 0.492. The van der Waals surface area contributed by atoms with E-state index in [-0.39, 0.29) is 0 Å². The normalized spacial score (nSPS) is 10.8. The van der Waals surface area contributed by atoms with Gasteiger partial charge in [0.05, 0.1) is 5.52 Å². The smallest absolute Gasteiger partial charge is 0.163 e. The fourth-order valence-electron chi connectivity index (χ4n) is 2.71. The molecule has 126 valence electrons. The van der Waals surface area contributed by atoms with Crippen LogP contribution < -0.4 is 0 Å². The van der Waals surface area contributed by atoms with Crippen LogP contribution in [0.15, 0.2) is 65.9 Å². The van der Waals surface area contributed by atoms with Gasteiger partial charge in [0, 0.05) is 23.3 Å². The number of hydrogen-bond acceptors (Lipinski definition) is 4. The van der Waals surface area contributed by atoms with E-state index in [2.05, 4.69) is 26.7 Å². The second-order valence-corrected chi connectivity index (χ2v) is 5.63. The van der Waals surface area contributed by atoms with Gasteiger partial charge in [0.2, 0.25) is 0 Å². The lowest BCUT2D eigenvalue weighted by molar-refractivity contribution is 0.509. The molecular weight excluding hydrogens is 334 g/mol. The SMILES string of the molecule is C=Nc1nc(-c2cccnc2)nc2ccc(-c3ccc(F)c(F)c3)cc12. The van der Waals surface area contributed by atoms with E-state index < -0.39 is 11.6 Å². The number of hydrogen-bond donors (Lipinski definition) is 0. The van der Waals surface area contributed by atoms with Crippen molar-refractivity contribution in [2.24, 2.45) is 4.99 Å². The van der Waals surface area contributed by atoms with Gasteiger partial charge in [-0.3, -0.25) is 4.98 Å². The van der Waals surface area contributed by atoms with Crippen molar-refractivity contribution in [2.75, 3.05) is 0 Å². The Balaban J connectivity index is 1.88. The molecule has 0 aliphatic heterocycles. The van der Waals surface area contributed by atoms with Crippen LogP contribution in [0.3, 0.4) is 0 Å². The Bertz CT molecular complexity index is 1130. The molecule has 4 aromatic rings. The Hall–Kier alpha value is -3.54. The molecule has 0 aliphatic rings. The number of aromatic nitrogens is 3. The number of nitrogens with zero attached hydrogens (tertiary/aromatic N) is 4. The van der Waals surface area contributed by atoms with Gasteiger partial charge in [0.25, 0.3) is 0 Å². The van der Waals surface area contributed by atoms with Gasteiger partial charge >= 0.3 is 0 Å². The number of fused-ring (bicyclic) bond motifs is 1. The van der Waals surface area contributed by atoms with Crippen molar-refractivity contribution in [1.82, 2.24) is 15.0 Å². The predicted molar refractivity (Wildman–Crippen MR) is 97.3 cm³/mol. The first-order chi connectivity index (χ1) is 12.7. The molecule has 0 atom stereocenters. The molecule has 6 heteroatoms. The van der Waals surface area contributed by atoms with E-state index in [9.17, 15) is 8.78 Å². The lowest BCUT2D eigenvalue weighted by Gasteiger charge is -2.08. The fraction of sp³-hybridized carbons (Fsp3) is 0. The highest BCUT2D eigenvalue weighted by molar-refractivity contribution is 5.93. The van der Waals surface area contributed by atoms with Gasteiger partial charge in [0.1, 0.15) is 0 Å². The maximum atomic E-state index is 13.5. The summed E-state index contributed by atoms with van der Waals surface area (Å²) in [7, 11) is 0. The number of pyridine rings is 1. The third-order valence-corrected chi connectivity index (χ3v) is 4.00. The summed E-state index contributed by atoms with van der Waals surface area (Å²) in [6, 6.07) is 12.8. The van der Waals surface area contributed by atoms with Crippen molar-refractivity contribution >= 4 is 23.4 Å². The molecule has 2 heterocycles. The van der Waals surface area contributed by atoms with E-state index in [0.29, 0.717) is 33.7 Å². The lowest BCUT2D eigenvalue weighted by atomic mass is 10.0. The topological polar surface area (TPSA) is 51.0 Å². The molecule has 0 saturated heterocycles. The highest BCUT2D eigenvalue weighted by atomic mass is 19.2. The molecule has 4 nitrogen and oxygen atoms in total. The predicted octanol–water partition coefficient (Wildman–Crippen LogP) is 4.97. The van der Waals surface area contributed by atoms with Gasteiger partial charge < -0.3 is 0 Å². The number of halogens is 2. The van der Waals surface area contributed by atoms with Gasteiger partial charge in [-0.25, -0.2) is 23.7 Å². The van der Waals surface area contributed by atoms with E-state index in [4.69, 9.17) is 0 Å². The van der Waals surface area contributed by atoms with Crippen LogP contribution in [0.25, 0.3) is 33.4 Å². The fourth-order valence-corrected chi connectivity index (χ4v) is 2.71. The molecule has 0 amide bonds.